The molecule has 1 fully saturated rings. The summed E-state index contributed by atoms with van der Waals surface area (Å²) in [4.78, 5) is 16.4. The van der Waals surface area contributed by atoms with Gasteiger partial charge in [0.15, 0.2) is 0 Å². The number of nitrogens with zero attached hydrogens (tertiary/aromatic N) is 2. The quantitative estimate of drug-likeness (QED) is 0.582. The second-order valence-corrected chi connectivity index (χ2v) is 5.71. The Morgan fingerprint density at radius 3 is 2.94 bits per heavy atom. The highest BCUT2D eigenvalue weighted by Crippen LogP contribution is 2.44. The molecule has 0 bridgehead atoms. The number of anilines is 1. The SMILES string of the molecule is O=C1Nc2ncccc2C12CCN(I)CC2. The minimum Gasteiger partial charge on any atom is -0.310 e. The monoisotopic (exact) mass is 329 g/mol. The molecule has 5 heteroatoms. The lowest BCUT2D eigenvalue weighted by atomic mass is 9.75. The van der Waals surface area contributed by atoms with Crippen LogP contribution in [0.5, 0.6) is 0 Å². The number of piperidine rings is 1. The number of pyridine rings is 1. The summed E-state index contributed by atoms with van der Waals surface area (Å²) in [6, 6.07) is 3.94. The van der Waals surface area contributed by atoms with Gasteiger partial charge in [-0.3, -0.25) is 4.79 Å². The van der Waals surface area contributed by atoms with Gasteiger partial charge in [0.2, 0.25) is 5.91 Å². The van der Waals surface area contributed by atoms with Crippen LogP contribution in [0.3, 0.4) is 0 Å². The third kappa shape index (κ3) is 1.37. The number of aromatic nitrogens is 1. The largest absolute Gasteiger partial charge is 0.310 e. The molecule has 16 heavy (non-hydrogen) atoms. The number of fused-ring (bicyclic) bond motifs is 2. The zero-order chi connectivity index (χ0) is 11.2. The number of amides is 1. The predicted octanol–water partition coefficient (Wildman–Crippen LogP) is 1.72. The van der Waals surface area contributed by atoms with Gasteiger partial charge in [0, 0.05) is 47.7 Å². The molecule has 0 aromatic carbocycles. The van der Waals surface area contributed by atoms with Gasteiger partial charge in [-0.15, -0.1) is 0 Å². The van der Waals surface area contributed by atoms with E-state index in [2.05, 4.69) is 36.3 Å². The van der Waals surface area contributed by atoms with Gasteiger partial charge < -0.3 is 5.32 Å². The second kappa shape index (κ2) is 3.66. The Labute approximate surface area is 108 Å². The van der Waals surface area contributed by atoms with Crippen LogP contribution in [-0.2, 0) is 10.2 Å². The minimum absolute atomic E-state index is 0.130. The van der Waals surface area contributed by atoms with Gasteiger partial charge in [-0.25, -0.2) is 8.10 Å². The van der Waals surface area contributed by atoms with Crippen molar-refractivity contribution in [2.24, 2.45) is 0 Å². The Morgan fingerprint density at radius 2 is 2.19 bits per heavy atom. The van der Waals surface area contributed by atoms with Crippen molar-refractivity contribution >= 4 is 34.6 Å². The lowest BCUT2D eigenvalue weighted by molar-refractivity contribution is -0.122. The fourth-order valence-electron chi connectivity index (χ4n) is 2.60. The number of carbonyl (C=O) groups excluding carboxylic acids is 1. The summed E-state index contributed by atoms with van der Waals surface area (Å²) in [5.41, 5.74) is 0.773. The molecule has 84 valence electrons. The van der Waals surface area contributed by atoms with Crippen LogP contribution in [0.4, 0.5) is 5.82 Å². The first kappa shape index (κ1) is 10.5. The molecule has 0 aliphatic carbocycles. The van der Waals surface area contributed by atoms with Crippen LogP contribution in [0, 0.1) is 0 Å². The lowest BCUT2D eigenvalue weighted by Crippen LogP contribution is -2.43. The van der Waals surface area contributed by atoms with Crippen LogP contribution in [0.25, 0.3) is 0 Å². The van der Waals surface area contributed by atoms with E-state index < -0.39 is 0 Å². The molecule has 0 atom stereocenters. The third-order valence-electron chi connectivity index (χ3n) is 3.55. The van der Waals surface area contributed by atoms with E-state index in [1.54, 1.807) is 6.20 Å². The highest BCUT2D eigenvalue weighted by molar-refractivity contribution is 14.1. The molecule has 0 unspecified atom stereocenters. The smallest absolute Gasteiger partial charge is 0.236 e. The van der Waals surface area contributed by atoms with Gasteiger partial charge >= 0.3 is 0 Å². The fourth-order valence-corrected chi connectivity index (χ4v) is 3.08. The van der Waals surface area contributed by atoms with Gasteiger partial charge in [-0.2, -0.15) is 0 Å². The van der Waals surface area contributed by atoms with Crippen molar-refractivity contribution in [1.82, 2.24) is 8.10 Å². The summed E-state index contributed by atoms with van der Waals surface area (Å²) in [6.45, 7) is 1.92. The summed E-state index contributed by atoms with van der Waals surface area (Å²) in [5.74, 6) is 0.889. The molecule has 3 heterocycles. The summed E-state index contributed by atoms with van der Waals surface area (Å²) in [7, 11) is 0. The zero-order valence-corrected chi connectivity index (χ0v) is 10.9. The lowest BCUT2D eigenvalue weighted by Gasteiger charge is -2.34. The normalized spacial score (nSPS) is 23.2. The number of carbonyl (C=O) groups is 1. The Bertz CT molecular complexity index is 441. The second-order valence-electron chi connectivity index (χ2n) is 4.35. The average molecular weight is 329 g/mol. The number of nitrogens with one attached hydrogen (secondary N) is 1. The zero-order valence-electron chi connectivity index (χ0n) is 8.74. The van der Waals surface area contributed by atoms with Gasteiger partial charge in [-0.1, -0.05) is 6.07 Å². The van der Waals surface area contributed by atoms with Crippen LogP contribution in [0.2, 0.25) is 0 Å². The maximum Gasteiger partial charge on any atom is 0.236 e. The van der Waals surface area contributed by atoms with E-state index in [9.17, 15) is 4.79 Å². The molecule has 2 aliphatic heterocycles. The van der Waals surface area contributed by atoms with Crippen LogP contribution >= 0.6 is 22.9 Å². The molecular formula is C11H12IN3O. The van der Waals surface area contributed by atoms with Crippen LogP contribution in [-0.4, -0.2) is 27.1 Å². The standard InChI is InChI=1S/C11H12IN3O/c12-15-6-3-11(4-7-15)8-2-1-5-13-9(8)14-10(11)16/h1-2,5H,3-4,6-7H2,(H,13,14,16). The van der Waals surface area contributed by atoms with Crippen molar-refractivity contribution in [3.05, 3.63) is 23.9 Å². The number of halogens is 1. The molecule has 1 spiro atoms. The van der Waals surface area contributed by atoms with Crippen molar-refractivity contribution in [2.75, 3.05) is 18.4 Å². The number of hydrogen-bond acceptors (Lipinski definition) is 3. The third-order valence-corrected chi connectivity index (χ3v) is 4.52. The van der Waals surface area contributed by atoms with E-state index in [4.69, 9.17) is 0 Å². The summed E-state index contributed by atoms with van der Waals surface area (Å²) in [5, 5.41) is 2.90. The molecule has 1 aromatic heterocycles. The fraction of sp³-hybridized carbons (Fsp3) is 0.455. The molecule has 1 saturated heterocycles. The predicted molar refractivity (Wildman–Crippen MR) is 69.4 cm³/mol. The van der Waals surface area contributed by atoms with Crippen molar-refractivity contribution in [3.63, 3.8) is 0 Å². The number of hydrogen-bond donors (Lipinski definition) is 1. The van der Waals surface area contributed by atoms with E-state index in [1.807, 2.05) is 12.1 Å². The van der Waals surface area contributed by atoms with E-state index in [1.165, 1.54) is 0 Å². The first-order chi connectivity index (χ1) is 7.72. The van der Waals surface area contributed by atoms with Crippen molar-refractivity contribution in [2.45, 2.75) is 18.3 Å². The van der Waals surface area contributed by atoms with Gasteiger partial charge in [0.05, 0.1) is 5.41 Å². The van der Waals surface area contributed by atoms with Crippen molar-refractivity contribution in [3.8, 4) is 0 Å². The molecule has 1 N–H and O–H groups in total. The molecule has 1 amide bonds. The Balaban J connectivity index is 2.04. The molecule has 1 aromatic rings. The first-order valence-corrected chi connectivity index (χ1v) is 6.36. The van der Waals surface area contributed by atoms with E-state index in [0.717, 1.165) is 37.3 Å². The number of rotatable bonds is 0. The van der Waals surface area contributed by atoms with Gasteiger partial charge in [0.1, 0.15) is 5.82 Å². The van der Waals surface area contributed by atoms with Crippen LogP contribution in [0.1, 0.15) is 18.4 Å². The highest BCUT2D eigenvalue weighted by Gasteiger charge is 2.48. The van der Waals surface area contributed by atoms with Gasteiger partial charge in [-0.05, 0) is 18.9 Å². The molecule has 4 nitrogen and oxygen atoms in total. The van der Waals surface area contributed by atoms with E-state index in [-0.39, 0.29) is 11.3 Å². The van der Waals surface area contributed by atoms with E-state index >= 15 is 0 Å². The van der Waals surface area contributed by atoms with Crippen LogP contribution in [0.15, 0.2) is 18.3 Å². The van der Waals surface area contributed by atoms with Gasteiger partial charge in [0.25, 0.3) is 0 Å². The van der Waals surface area contributed by atoms with Crippen molar-refractivity contribution in [1.29, 1.82) is 0 Å². The summed E-state index contributed by atoms with van der Waals surface area (Å²) >= 11 is 2.32. The van der Waals surface area contributed by atoms with E-state index in [0.29, 0.717) is 0 Å². The summed E-state index contributed by atoms with van der Waals surface area (Å²) < 4.78 is 2.24. The molecule has 3 rings (SSSR count). The van der Waals surface area contributed by atoms with Crippen molar-refractivity contribution < 1.29 is 4.79 Å². The molecular weight excluding hydrogens is 317 g/mol. The first-order valence-electron chi connectivity index (χ1n) is 5.40. The maximum absolute atomic E-state index is 12.1. The minimum atomic E-state index is -0.314. The Morgan fingerprint density at radius 1 is 1.44 bits per heavy atom. The summed E-state index contributed by atoms with van der Waals surface area (Å²) in [6.07, 6.45) is 3.51. The Hall–Kier alpha value is -0.690. The van der Waals surface area contributed by atoms with Crippen LogP contribution < -0.4 is 5.32 Å². The average Bonchev–Trinajstić information content (AvgIpc) is 2.57. The molecule has 0 saturated carbocycles. The topological polar surface area (TPSA) is 45.2 Å². The molecule has 2 aliphatic rings. The highest BCUT2D eigenvalue weighted by atomic mass is 127. The Kier molecular flexibility index (Phi) is 2.39. The molecule has 0 radical (unpaired) electrons. The maximum atomic E-state index is 12.1.